The molecule has 102 valence electrons. The minimum Gasteiger partial charge on any atom is -0.293 e. The molecule has 2 rings (SSSR count). The van der Waals surface area contributed by atoms with Crippen LogP contribution in [0.25, 0.3) is 0 Å². The van der Waals surface area contributed by atoms with E-state index in [9.17, 15) is 4.39 Å². The summed E-state index contributed by atoms with van der Waals surface area (Å²) in [4.78, 5) is 2.51. The van der Waals surface area contributed by atoms with Crippen LogP contribution in [-0.4, -0.2) is 5.04 Å². The van der Waals surface area contributed by atoms with Crippen LogP contribution in [0.3, 0.4) is 0 Å². The smallest absolute Gasteiger partial charge is 0.123 e. The first-order valence-corrected chi connectivity index (χ1v) is 7.92. The van der Waals surface area contributed by atoms with Crippen LogP contribution in [0, 0.1) is 11.2 Å². The number of thioether (sulfide) groups is 2. The lowest BCUT2D eigenvalue weighted by atomic mass is 10.4. The van der Waals surface area contributed by atoms with Gasteiger partial charge in [0.15, 0.2) is 0 Å². The molecule has 0 radical (unpaired) electrons. The number of thiol groups is 1. The topological polar surface area (TPSA) is 23.9 Å². The van der Waals surface area contributed by atoms with E-state index in [2.05, 4.69) is 12.6 Å². The quantitative estimate of drug-likeness (QED) is 0.338. The fraction of sp³-hybridized carbons (Fsp3) is 0. The van der Waals surface area contributed by atoms with Crippen LogP contribution in [0.15, 0.2) is 74.7 Å². The molecule has 5 heteroatoms. The molecule has 1 nitrogen and oxygen atoms in total. The molecule has 0 spiro atoms. The predicted octanol–water partition coefficient (Wildman–Crippen LogP) is 5.46. The lowest BCUT2D eigenvalue weighted by molar-refractivity contribution is 0.626. The van der Waals surface area contributed by atoms with E-state index in [0.717, 1.165) is 9.79 Å². The highest BCUT2D eigenvalue weighted by Crippen LogP contribution is 2.27. The van der Waals surface area contributed by atoms with Crippen molar-refractivity contribution in [2.75, 3.05) is 0 Å². The Balaban J connectivity index is 1.96. The zero-order valence-corrected chi connectivity index (χ0v) is 12.9. The zero-order valence-electron chi connectivity index (χ0n) is 10.4. The molecule has 0 aliphatic rings. The Morgan fingerprint density at radius 3 is 2.30 bits per heavy atom. The molecule has 0 fully saturated rings. The molecule has 0 saturated heterocycles. The van der Waals surface area contributed by atoms with Crippen molar-refractivity contribution in [3.8, 4) is 0 Å². The third kappa shape index (κ3) is 4.74. The summed E-state index contributed by atoms with van der Waals surface area (Å²) in [6.07, 6.45) is 0. The van der Waals surface area contributed by atoms with Crippen molar-refractivity contribution in [1.82, 2.24) is 0 Å². The van der Waals surface area contributed by atoms with Gasteiger partial charge in [-0.1, -0.05) is 41.7 Å². The molecule has 0 unspecified atom stereocenters. The Morgan fingerprint density at radius 1 is 1.00 bits per heavy atom. The zero-order chi connectivity index (χ0) is 14.4. The van der Waals surface area contributed by atoms with Gasteiger partial charge >= 0.3 is 0 Å². The molecule has 0 amide bonds. The molecule has 0 bridgehead atoms. The van der Waals surface area contributed by atoms with Crippen molar-refractivity contribution in [1.29, 1.82) is 5.41 Å². The standard InChI is InChI=1S/C15H12FNS3/c16-11-6-8-12(9-7-11)19-10-14(18)15(17)20-13-4-2-1-3-5-13/h1-10,17-18H. The maximum Gasteiger partial charge on any atom is 0.123 e. The Bertz CT molecular complexity index is 609. The van der Waals surface area contributed by atoms with E-state index in [1.165, 1.54) is 35.7 Å². The monoisotopic (exact) mass is 321 g/mol. The molecule has 2 aromatic carbocycles. The highest BCUT2D eigenvalue weighted by molar-refractivity contribution is 8.16. The molecule has 0 saturated carbocycles. The number of benzene rings is 2. The van der Waals surface area contributed by atoms with E-state index in [1.54, 1.807) is 17.5 Å². The van der Waals surface area contributed by atoms with Crippen LogP contribution in [0.4, 0.5) is 4.39 Å². The van der Waals surface area contributed by atoms with Crippen LogP contribution in [-0.2, 0) is 0 Å². The van der Waals surface area contributed by atoms with E-state index in [4.69, 9.17) is 5.41 Å². The molecule has 0 aliphatic heterocycles. The van der Waals surface area contributed by atoms with Crippen molar-refractivity contribution in [3.63, 3.8) is 0 Å². The summed E-state index contributed by atoms with van der Waals surface area (Å²) in [5, 5.41) is 10.1. The largest absolute Gasteiger partial charge is 0.293 e. The van der Waals surface area contributed by atoms with Crippen LogP contribution in [0.1, 0.15) is 0 Å². The summed E-state index contributed by atoms with van der Waals surface area (Å²) in [6, 6.07) is 15.9. The lowest BCUT2D eigenvalue weighted by Crippen LogP contribution is -1.88. The first-order valence-electron chi connectivity index (χ1n) is 5.78. The Labute approximate surface area is 131 Å². The van der Waals surface area contributed by atoms with E-state index >= 15 is 0 Å². The first kappa shape index (κ1) is 15.2. The second kappa shape index (κ2) is 7.57. The van der Waals surface area contributed by atoms with E-state index < -0.39 is 0 Å². The number of nitrogens with one attached hydrogen (secondary N) is 1. The van der Waals surface area contributed by atoms with Gasteiger partial charge in [-0.2, -0.15) is 0 Å². The Hall–Kier alpha value is -1.17. The van der Waals surface area contributed by atoms with Gasteiger partial charge in [-0.15, -0.1) is 12.6 Å². The summed E-state index contributed by atoms with van der Waals surface area (Å²) in [5.41, 5.74) is 0. The molecule has 0 heterocycles. The SMILES string of the molecule is N=C(Sc1ccccc1)C(S)=CSc1ccc(F)cc1. The average molecular weight is 321 g/mol. The van der Waals surface area contributed by atoms with Crippen LogP contribution < -0.4 is 0 Å². The van der Waals surface area contributed by atoms with Gasteiger partial charge in [0.25, 0.3) is 0 Å². The molecule has 0 aliphatic carbocycles. The normalized spacial score (nSPS) is 11.4. The number of halogens is 1. The summed E-state index contributed by atoms with van der Waals surface area (Å²) >= 11 is 7.10. The van der Waals surface area contributed by atoms with Gasteiger partial charge in [-0.05, 0) is 41.8 Å². The van der Waals surface area contributed by atoms with E-state index in [1.807, 2.05) is 30.3 Å². The van der Waals surface area contributed by atoms with Gasteiger partial charge in [0, 0.05) is 14.7 Å². The third-order valence-electron chi connectivity index (χ3n) is 2.32. The van der Waals surface area contributed by atoms with E-state index in [0.29, 0.717) is 9.95 Å². The van der Waals surface area contributed by atoms with Crippen LogP contribution >= 0.6 is 36.2 Å². The molecule has 0 atom stereocenters. The second-order valence-electron chi connectivity index (χ2n) is 3.82. The van der Waals surface area contributed by atoms with Gasteiger partial charge in [0.1, 0.15) is 10.9 Å². The number of hydrogen-bond donors (Lipinski definition) is 2. The second-order valence-corrected chi connectivity index (χ2v) is 6.33. The minimum atomic E-state index is -0.253. The van der Waals surface area contributed by atoms with Gasteiger partial charge in [0.05, 0.1) is 0 Å². The van der Waals surface area contributed by atoms with Gasteiger partial charge in [0.2, 0.25) is 0 Å². The van der Waals surface area contributed by atoms with Gasteiger partial charge in [-0.25, -0.2) is 4.39 Å². The van der Waals surface area contributed by atoms with Crippen LogP contribution in [0.5, 0.6) is 0 Å². The maximum absolute atomic E-state index is 12.8. The number of rotatable bonds is 4. The molecule has 2 aromatic rings. The summed E-state index contributed by atoms with van der Waals surface area (Å²) < 4.78 is 12.8. The molecule has 1 N–H and O–H groups in total. The highest BCUT2D eigenvalue weighted by atomic mass is 32.2. The fourth-order valence-corrected chi connectivity index (χ4v) is 3.07. The predicted molar refractivity (Wildman–Crippen MR) is 89.4 cm³/mol. The minimum absolute atomic E-state index is 0.253. The first-order chi connectivity index (χ1) is 9.65. The lowest BCUT2D eigenvalue weighted by Gasteiger charge is -2.03. The van der Waals surface area contributed by atoms with Crippen molar-refractivity contribution >= 4 is 41.2 Å². The maximum atomic E-state index is 12.8. The van der Waals surface area contributed by atoms with Gasteiger partial charge in [-0.3, -0.25) is 5.41 Å². The summed E-state index contributed by atoms with van der Waals surface area (Å²) in [6.45, 7) is 0. The van der Waals surface area contributed by atoms with Crippen LogP contribution in [0.2, 0.25) is 0 Å². The van der Waals surface area contributed by atoms with Crippen molar-refractivity contribution in [3.05, 3.63) is 70.7 Å². The summed E-state index contributed by atoms with van der Waals surface area (Å²) in [7, 11) is 0. The molecular formula is C15H12FNS3. The number of hydrogen-bond acceptors (Lipinski definition) is 4. The average Bonchev–Trinajstić information content (AvgIpc) is 2.47. The Kier molecular flexibility index (Phi) is 5.76. The molecule has 20 heavy (non-hydrogen) atoms. The molecule has 0 aromatic heterocycles. The van der Waals surface area contributed by atoms with Crippen molar-refractivity contribution in [2.45, 2.75) is 9.79 Å². The van der Waals surface area contributed by atoms with E-state index in [-0.39, 0.29) is 5.82 Å². The summed E-state index contributed by atoms with van der Waals surface area (Å²) in [5.74, 6) is -0.253. The Morgan fingerprint density at radius 2 is 1.65 bits per heavy atom. The molecular weight excluding hydrogens is 309 g/mol. The fourth-order valence-electron chi connectivity index (χ4n) is 1.35. The van der Waals surface area contributed by atoms with Crippen molar-refractivity contribution < 1.29 is 4.39 Å². The van der Waals surface area contributed by atoms with Gasteiger partial charge < -0.3 is 0 Å². The van der Waals surface area contributed by atoms with Crippen molar-refractivity contribution in [2.24, 2.45) is 0 Å². The third-order valence-corrected chi connectivity index (χ3v) is 4.82. The highest BCUT2D eigenvalue weighted by Gasteiger charge is 2.04.